The lowest BCUT2D eigenvalue weighted by Crippen LogP contribution is -2.39. The fraction of sp³-hybridized carbons (Fsp3) is 0.923. The van der Waals surface area contributed by atoms with Crippen molar-refractivity contribution in [2.24, 2.45) is 22.1 Å². The molecule has 2 fully saturated rings. The van der Waals surface area contributed by atoms with Crippen LogP contribution in [0.25, 0.3) is 0 Å². The fourth-order valence-electron chi connectivity index (χ4n) is 2.55. The first kappa shape index (κ1) is 15.1. The predicted octanol–water partition coefficient (Wildman–Crippen LogP) is 2.89. The van der Waals surface area contributed by atoms with Crippen molar-refractivity contribution in [2.45, 2.75) is 51.9 Å². The van der Waals surface area contributed by atoms with Crippen LogP contribution in [0.3, 0.4) is 0 Å². The molecule has 17 heavy (non-hydrogen) atoms. The summed E-state index contributed by atoms with van der Waals surface area (Å²) in [6.45, 7) is 4.22. The minimum absolute atomic E-state index is 0. The Hall–Kier alpha value is 0. The molecule has 0 spiro atoms. The Morgan fingerprint density at radius 3 is 2.47 bits per heavy atom. The largest absolute Gasteiger partial charge is 0.370 e. The number of aliphatic imine (C=N–C) groups is 1. The molecule has 0 unspecified atom stereocenters. The number of halogens is 1. The monoisotopic (exact) mass is 351 g/mol. The average Bonchev–Trinajstić information content (AvgIpc) is 2.14. The van der Waals surface area contributed by atoms with Gasteiger partial charge in [-0.1, -0.05) is 19.8 Å². The highest BCUT2D eigenvalue weighted by Crippen LogP contribution is 2.43. The Bertz CT molecular complexity index is 252. The topological polar surface area (TPSA) is 50.4 Å². The first-order chi connectivity index (χ1) is 7.74. The van der Waals surface area contributed by atoms with Crippen molar-refractivity contribution >= 4 is 29.9 Å². The quantitative estimate of drug-likeness (QED) is 0.455. The second-order valence-electron chi connectivity index (χ2n) is 5.59. The Kier molecular flexibility index (Phi) is 6.03. The van der Waals surface area contributed by atoms with Crippen LogP contribution >= 0.6 is 24.0 Å². The van der Waals surface area contributed by atoms with Crippen LogP contribution in [0.4, 0.5) is 0 Å². The van der Waals surface area contributed by atoms with Gasteiger partial charge in [-0.25, -0.2) is 0 Å². The van der Waals surface area contributed by atoms with Crippen molar-refractivity contribution in [3.8, 4) is 0 Å². The van der Waals surface area contributed by atoms with Gasteiger partial charge >= 0.3 is 0 Å². The van der Waals surface area contributed by atoms with Gasteiger partial charge in [0.05, 0.1) is 0 Å². The highest BCUT2D eigenvalue weighted by atomic mass is 127. The molecule has 3 nitrogen and oxygen atoms in total. The molecule has 0 aromatic carbocycles. The van der Waals surface area contributed by atoms with E-state index in [2.05, 4.69) is 17.2 Å². The summed E-state index contributed by atoms with van der Waals surface area (Å²) >= 11 is 0. The average molecular weight is 351 g/mol. The lowest BCUT2D eigenvalue weighted by atomic mass is 9.67. The molecule has 4 heteroatoms. The first-order valence-electron chi connectivity index (χ1n) is 6.78. The minimum Gasteiger partial charge on any atom is -0.370 e. The molecule has 0 heterocycles. The number of rotatable bonds is 5. The number of nitrogens with zero attached hydrogens (tertiary/aromatic N) is 1. The van der Waals surface area contributed by atoms with Crippen molar-refractivity contribution in [3.63, 3.8) is 0 Å². The zero-order chi connectivity index (χ0) is 11.4. The summed E-state index contributed by atoms with van der Waals surface area (Å²) in [6.07, 6.45) is 9.40. The maximum atomic E-state index is 5.88. The van der Waals surface area contributed by atoms with E-state index in [-0.39, 0.29) is 24.0 Å². The van der Waals surface area contributed by atoms with E-state index in [0.29, 0.717) is 11.4 Å². The molecular formula is C13H26IN3. The minimum atomic E-state index is 0. The zero-order valence-corrected chi connectivity index (χ0v) is 13.2. The SMILES string of the molecule is CCC1(CN=C(N)NCC2CCC2)CCC1.I. The van der Waals surface area contributed by atoms with Crippen LogP contribution in [0.15, 0.2) is 4.99 Å². The molecule has 0 aromatic heterocycles. The Morgan fingerprint density at radius 2 is 2.06 bits per heavy atom. The summed E-state index contributed by atoms with van der Waals surface area (Å²) < 4.78 is 0. The molecule has 0 radical (unpaired) electrons. The molecule has 0 aromatic rings. The van der Waals surface area contributed by atoms with Crippen molar-refractivity contribution in [2.75, 3.05) is 13.1 Å². The molecule has 0 saturated heterocycles. The fourth-order valence-corrected chi connectivity index (χ4v) is 2.55. The van der Waals surface area contributed by atoms with Crippen LogP contribution in [0.5, 0.6) is 0 Å². The van der Waals surface area contributed by atoms with Gasteiger partial charge in [0.2, 0.25) is 0 Å². The molecule has 100 valence electrons. The van der Waals surface area contributed by atoms with Gasteiger partial charge in [0.15, 0.2) is 5.96 Å². The number of nitrogens with two attached hydrogens (primary N) is 1. The molecule has 0 aliphatic heterocycles. The smallest absolute Gasteiger partial charge is 0.188 e. The summed E-state index contributed by atoms with van der Waals surface area (Å²) in [5.41, 5.74) is 6.37. The van der Waals surface area contributed by atoms with E-state index < -0.39 is 0 Å². The third-order valence-electron chi connectivity index (χ3n) is 4.55. The van der Waals surface area contributed by atoms with Gasteiger partial charge in [-0.3, -0.25) is 4.99 Å². The van der Waals surface area contributed by atoms with Crippen LogP contribution in [0.2, 0.25) is 0 Å². The number of nitrogens with one attached hydrogen (secondary N) is 1. The number of hydrogen-bond donors (Lipinski definition) is 2. The number of hydrogen-bond acceptors (Lipinski definition) is 1. The molecular weight excluding hydrogens is 325 g/mol. The van der Waals surface area contributed by atoms with Crippen LogP contribution < -0.4 is 11.1 Å². The van der Waals surface area contributed by atoms with Crippen LogP contribution in [-0.4, -0.2) is 19.0 Å². The normalized spacial score (nSPS) is 23.2. The lowest BCUT2D eigenvalue weighted by Gasteiger charge is -2.40. The van der Waals surface area contributed by atoms with E-state index in [0.717, 1.165) is 19.0 Å². The van der Waals surface area contributed by atoms with Crippen LogP contribution in [0, 0.1) is 11.3 Å². The van der Waals surface area contributed by atoms with Crippen molar-refractivity contribution < 1.29 is 0 Å². The van der Waals surface area contributed by atoms with E-state index in [1.165, 1.54) is 44.9 Å². The van der Waals surface area contributed by atoms with Crippen molar-refractivity contribution in [3.05, 3.63) is 0 Å². The Labute approximate surface area is 122 Å². The van der Waals surface area contributed by atoms with Crippen molar-refractivity contribution in [1.82, 2.24) is 5.32 Å². The zero-order valence-electron chi connectivity index (χ0n) is 10.9. The standard InChI is InChI=1S/C13H25N3.HI/c1-2-13(7-4-8-13)10-16-12(14)15-9-11-5-3-6-11;/h11H,2-10H2,1H3,(H3,14,15,16);1H. The molecule has 2 aliphatic carbocycles. The first-order valence-corrected chi connectivity index (χ1v) is 6.78. The molecule has 2 rings (SSSR count). The van der Waals surface area contributed by atoms with E-state index in [9.17, 15) is 0 Å². The van der Waals surface area contributed by atoms with E-state index >= 15 is 0 Å². The van der Waals surface area contributed by atoms with Crippen molar-refractivity contribution in [1.29, 1.82) is 0 Å². The highest BCUT2D eigenvalue weighted by molar-refractivity contribution is 14.0. The summed E-state index contributed by atoms with van der Waals surface area (Å²) in [6, 6.07) is 0. The van der Waals surface area contributed by atoms with Crippen LogP contribution in [0.1, 0.15) is 51.9 Å². The van der Waals surface area contributed by atoms with E-state index in [4.69, 9.17) is 5.73 Å². The van der Waals surface area contributed by atoms with Gasteiger partial charge < -0.3 is 11.1 Å². The van der Waals surface area contributed by atoms with Crippen LogP contribution in [-0.2, 0) is 0 Å². The number of guanidine groups is 1. The lowest BCUT2D eigenvalue weighted by molar-refractivity contribution is 0.139. The molecule has 3 N–H and O–H groups in total. The summed E-state index contributed by atoms with van der Waals surface area (Å²) in [7, 11) is 0. The van der Waals surface area contributed by atoms with E-state index in [1.807, 2.05) is 0 Å². The van der Waals surface area contributed by atoms with Gasteiger partial charge in [0, 0.05) is 13.1 Å². The molecule has 2 saturated carbocycles. The van der Waals surface area contributed by atoms with Gasteiger partial charge in [0.1, 0.15) is 0 Å². The third-order valence-corrected chi connectivity index (χ3v) is 4.55. The molecule has 0 amide bonds. The molecule has 0 atom stereocenters. The molecule has 2 aliphatic rings. The maximum absolute atomic E-state index is 5.88. The maximum Gasteiger partial charge on any atom is 0.188 e. The van der Waals surface area contributed by atoms with E-state index in [1.54, 1.807) is 0 Å². The predicted molar refractivity (Wildman–Crippen MR) is 83.8 cm³/mol. The van der Waals surface area contributed by atoms with Gasteiger partial charge in [-0.05, 0) is 43.4 Å². The Morgan fingerprint density at radius 1 is 1.35 bits per heavy atom. The second-order valence-corrected chi connectivity index (χ2v) is 5.59. The highest BCUT2D eigenvalue weighted by Gasteiger charge is 2.34. The van der Waals surface area contributed by atoms with Gasteiger partial charge in [-0.15, -0.1) is 24.0 Å². The third kappa shape index (κ3) is 4.00. The van der Waals surface area contributed by atoms with Gasteiger partial charge in [-0.2, -0.15) is 0 Å². The Balaban J connectivity index is 0.00000144. The molecule has 0 bridgehead atoms. The summed E-state index contributed by atoms with van der Waals surface area (Å²) in [4.78, 5) is 4.50. The summed E-state index contributed by atoms with van der Waals surface area (Å²) in [5.74, 6) is 1.50. The second kappa shape index (κ2) is 6.81. The van der Waals surface area contributed by atoms with Gasteiger partial charge in [0.25, 0.3) is 0 Å². The summed E-state index contributed by atoms with van der Waals surface area (Å²) in [5, 5.41) is 3.26.